The zero-order chi connectivity index (χ0) is 15.4. The normalized spacial score (nSPS) is 11.0. The van der Waals surface area contributed by atoms with Crippen molar-refractivity contribution in [1.29, 1.82) is 0 Å². The van der Waals surface area contributed by atoms with Crippen LogP contribution in [0.1, 0.15) is 16.9 Å². The van der Waals surface area contributed by atoms with Crippen molar-refractivity contribution in [3.63, 3.8) is 0 Å². The van der Waals surface area contributed by atoms with E-state index in [9.17, 15) is 9.59 Å². The Bertz CT molecular complexity index is 705. The molecule has 2 heterocycles. The SMILES string of the molecule is COCCNC(=O)CCn1cnc2sc(C)c(C)c2c1=O. The average Bonchev–Trinajstić information content (AvgIpc) is 2.74. The molecule has 0 aliphatic carbocycles. The third-order valence-corrected chi connectivity index (χ3v) is 4.48. The van der Waals surface area contributed by atoms with E-state index in [1.54, 1.807) is 7.11 Å². The molecule has 0 fully saturated rings. The number of rotatable bonds is 6. The molecule has 0 atom stereocenters. The summed E-state index contributed by atoms with van der Waals surface area (Å²) in [5.74, 6) is -0.0998. The Labute approximate surface area is 126 Å². The maximum absolute atomic E-state index is 12.4. The predicted octanol–water partition coefficient (Wildman–Crippen LogP) is 1.23. The monoisotopic (exact) mass is 309 g/mol. The Morgan fingerprint density at radius 1 is 1.48 bits per heavy atom. The van der Waals surface area contributed by atoms with Gasteiger partial charge in [0.15, 0.2) is 0 Å². The molecule has 1 amide bonds. The Kier molecular flexibility index (Phi) is 5.08. The fourth-order valence-corrected chi connectivity index (χ4v) is 3.02. The smallest absolute Gasteiger partial charge is 0.262 e. The maximum Gasteiger partial charge on any atom is 0.262 e. The summed E-state index contributed by atoms with van der Waals surface area (Å²) in [5, 5.41) is 3.39. The lowest BCUT2D eigenvalue weighted by Crippen LogP contribution is -2.29. The first-order valence-electron chi connectivity index (χ1n) is 6.75. The minimum absolute atomic E-state index is 0.0773. The van der Waals surface area contributed by atoms with Crippen LogP contribution in [-0.2, 0) is 16.1 Å². The van der Waals surface area contributed by atoms with Gasteiger partial charge in [-0.05, 0) is 19.4 Å². The van der Waals surface area contributed by atoms with E-state index in [-0.39, 0.29) is 17.9 Å². The molecule has 7 heteroatoms. The van der Waals surface area contributed by atoms with Crippen LogP contribution in [0.15, 0.2) is 11.1 Å². The van der Waals surface area contributed by atoms with Crippen LogP contribution < -0.4 is 10.9 Å². The number of nitrogens with zero attached hydrogens (tertiary/aromatic N) is 2. The molecule has 0 bridgehead atoms. The minimum Gasteiger partial charge on any atom is -0.383 e. The van der Waals surface area contributed by atoms with Gasteiger partial charge in [0, 0.05) is 31.5 Å². The van der Waals surface area contributed by atoms with Gasteiger partial charge < -0.3 is 10.1 Å². The van der Waals surface area contributed by atoms with Gasteiger partial charge in [0.1, 0.15) is 4.83 Å². The van der Waals surface area contributed by atoms with Crippen LogP contribution in [0, 0.1) is 13.8 Å². The van der Waals surface area contributed by atoms with Crippen molar-refractivity contribution in [2.45, 2.75) is 26.8 Å². The molecule has 1 N–H and O–H groups in total. The number of carbonyl (C=O) groups excluding carboxylic acids is 1. The number of amides is 1. The summed E-state index contributed by atoms with van der Waals surface area (Å²) in [6.07, 6.45) is 1.77. The lowest BCUT2D eigenvalue weighted by Gasteiger charge is -2.06. The van der Waals surface area contributed by atoms with E-state index in [1.807, 2.05) is 13.8 Å². The molecule has 2 aromatic rings. The average molecular weight is 309 g/mol. The van der Waals surface area contributed by atoms with Crippen molar-refractivity contribution < 1.29 is 9.53 Å². The first kappa shape index (κ1) is 15.7. The highest BCUT2D eigenvalue weighted by Gasteiger charge is 2.12. The Balaban J connectivity index is 2.09. The summed E-state index contributed by atoms with van der Waals surface area (Å²) in [6.45, 7) is 5.19. The van der Waals surface area contributed by atoms with E-state index < -0.39 is 0 Å². The zero-order valence-electron chi connectivity index (χ0n) is 12.4. The molecule has 0 aromatic carbocycles. The number of carbonyl (C=O) groups is 1. The number of nitrogens with one attached hydrogen (secondary N) is 1. The van der Waals surface area contributed by atoms with Gasteiger partial charge in [-0.3, -0.25) is 14.2 Å². The number of aromatic nitrogens is 2. The number of hydrogen-bond acceptors (Lipinski definition) is 5. The number of hydrogen-bond donors (Lipinski definition) is 1. The van der Waals surface area contributed by atoms with Gasteiger partial charge >= 0.3 is 0 Å². The minimum atomic E-state index is -0.0998. The lowest BCUT2D eigenvalue weighted by atomic mass is 10.2. The molecule has 6 nitrogen and oxygen atoms in total. The van der Waals surface area contributed by atoms with Gasteiger partial charge in [0.2, 0.25) is 5.91 Å². The van der Waals surface area contributed by atoms with Gasteiger partial charge in [-0.25, -0.2) is 4.98 Å². The second kappa shape index (κ2) is 6.82. The summed E-state index contributed by atoms with van der Waals surface area (Å²) in [4.78, 5) is 30.2. The van der Waals surface area contributed by atoms with Crippen LogP contribution in [0.2, 0.25) is 0 Å². The second-order valence-corrected chi connectivity index (χ2v) is 6.00. The van der Waals surface area contributed by atoms with Crippen LogP contribution in [0.5, 0.6) is 0 Å². The summed E-state index contributed by atoms with van der Waals surface area (Å²) in [7, 11) is 1.58. The highest BCUT2D eigenvalue weighted by molar-refractivity contribution is 7.18. The number of methoxy groups -OCH3 is 1. The second-order valence-electron chi connectivity index (χ2n) is 4.80. The lowest BCUT2D eigenvalue weighted by molar-refractivity contribution is -0.121. The fourth-order valence-electron chi connectivity index (χ4n) is 2.03. The number of thiophene rings is 1. The predicted molar refractivity (Wildman–Crippen MR) is 82.9 cm³/mol. The van der Waals surface area contributed by atoms with Crippen LogP contribution >= 0.6 is 11.3 Å². The first-order chi connectivity index (χ1) is 10.0. The molecule has 2 rings (SSSR count). The largest absolute Gasteiger partial charge is 0.383 e. The van der Waals surface area contributed by atoms with E-state index in [4.69, 9.17) is 4.74 Å². The van der Waals surface area contributed by atoms with Crippen molar-refractivity contribution >= 4 is 27.5 Å². The van der Waals surface area contributed by atoms with Crippen LogP contribution in [0.3, 0.4) is 0 Å². The molecule has 21 heavy (non-hydrogen) atoms. The number of fused-ring (bicyclic) bond motifs is 1. The topological polar surface area (TPSA) is 73.2 Å². The summed E-state index contributed by atoms with van der Waals surface area (Å²) < 4.78 is 6.36. The van der Waals surface area contributed by atoms with Crippen molar-refractivity contribution in [1.82, 2.24) is 14.9 Å². The van der Waals surface area contributed by atoms with Crippen LogP contribution in [-0.4, -0.2) is 35.7 Å². The van der Waals surface area contributed by atoms with Gasteiger partial charge in [0.25, 0.3) is 5.56 Å². The molecule has 0 unspecified atom stereocenters. The summed E-state index contributed by atoms with van der Waals surface area (Å²) in [6, 6.07) is 0. The molecular formula is C14H19N3O3S. The number of ether oxygens (including phenoxy) is 1. The Morgan fingerprint density at radius 3 is 2.95 bits per heavy atom. The molecule has 0 aliphatic heterocycles. The van der Waals surface area contributed by atoms with Crippen molar-refractivity contribution in [2.24, 2.45) is 0 Å². The Morgan fingerprint density at radius 2 is 2.24 bits per heavy atom. The zero-order valence-corrected chi connectivity index (χ0v) is 13.2. The van der Waals surface area contributed by atoms with Crippen molar-refractivity contribution in [3.8, 4) is 0 Å². The van der Waals surface area contributed by atoms with Crippen LogP contribution in [0.25, 0.3) is 10.2 Å². The van der Waals surface area contributed by atoms with Gasteiger partial charge in [-0.2, -0.15) is 0 Å². The van der Waals surface area contributed by atoms with E-state index in [2.05, 4.69) is 10.3 Å². The molecule has 0 saturated carbocycles. The fraction of sp³-hybridized carbons (Fsp3) is 0.500. The molecule has 0 saturated heterocycles. The standard InChI is InChI=1S/C14H19N3O3S/c1-9-10(2)21-13-12(9)14(19)17(8-16-13)6-4-11(18)15-5-7-20-3/h8H,4-7H2,1-3H3,(H,15,18). The number of aryl methyl sites for hydroxylation is 3. The quantitative estimate of drug-likeness (QED) is 0.815. The summed E-state index contributed by atoms with van der Waals surface area (Å²) >= 11 is 1.52. The maximum atomic E-state index is 12.4. The third-order valence-electron chi connectivity index (χ3n) is 3.36. The van der Waals surface area contributed by atoms with Crippen LogP contribution in [0.4, 0.5) is 0 Å². The van der Waals surface area contributed by atoms with E-state index >= 15 is 0 Å². The third kappa shape index (κ3) is 3.48. The first-order valence-corrected chi connectivity index (χ1v) is 7.57. The molecule has 114 valence electrons. The van der Waals surface area contributed by atoms with E-state index in [1.165, 1.54) is 22.2 Å². The highest BCUT2D eigenvalue weighted by atomic mass is 32.1. The van der Waals surface area contributed by atoms with Gasteiger partial charge in [0.05, 0.1) is 18.3 Å². The molecule has 0 aliphatic rings. The molecule has 0 spiro atoms. The van der Waals surface area contributed by atoms with Gasteiger partial charge in [-0.1, -0.05) is 0 Å². The van der Waals surface area contributed by atoms with Crippen molar-refractivity contribution in [2.75, 3.05) is 20.3 Å². The van der Waals surface area contributed by atoms with E-state index in [0.717, 1.165) is 15.3 Å². The molecular weight excluding hydrogens is 290 g/mol. The Hall–Kier alpha value is -1.73. The van der Waals surface area contributed by atoms with Gasteiger partial charge in [-0.15, -0.1) is 11.3 Å². The summed E-state index contributed by atoms with van der Waals surface area (Å²) in [5.41, 5.74) is 0.901. The molecule has 2 aromatic heterocycles. The van der Waals surface area contributed by atoms with Crippen molar-refractivity contribution in [3.05, 3.63) is 27.1 Å². The highest BCUT2D eigenvalue weighted by Crippen LogP contribution is 2.25. The molecule has 0 radical (unpaired) electrons. The van der Waals surface area contributed by atoms with E-state index in [0.29, 0.717) is 25.1 Å².